The van der Waals surface area contributed by atoms with Gasteiger partial charge in [-0.25, -0.2) is 18.2 Å². The quantitative estimate of drug-likeness (QED) is 0.182. The molecule has 2 saturated heterocycles. The minimum absolute atomic E-state index is 0.0379. The van der Waals surface area contributed by atoms with Crippen LogP contribution in [0.1, 0.15) is 65.2 Å². The first-order valence-corrected chi connectivity index (χ1v) is 19.8. The number of aromatic nitrogens is 4. The van der Waals surface area contributed by atoms with Gasteiger partial charge in [-0.15, -0.1) is 0 Å². The van der Waals surface area contributed by atoms with Crippen molar-refractivity contribution in [3.05, 3.63) is 106 Å². The predicted octanol–water partition coefficient (Wildman–Crippen LogP) is 6.84. The standard InChI is InChI=1S/C44H39F3N8O4/c1-23-17-30-32(51(2)43(23)58)12-14-48-41(30)53-15-4-5-24-18-28(29(40(46)47)19-37(24)53)25-20-49-54(21-25)34-13-16-52(22-31(34)45)33-8-9-35-39-26(33)6-3-7-27(39)44(59)55(35)36-10-11-38(56)50-42(36)57/h3,6-9,12,14,17-21,31,34,36,40H,4-5,10-11,13,15-16,22H2,1-2H3,(H,50,56,57). The van der Waals surface area contributed by atoms with Crippen LogP contribution in [0, 0.1) is 6.92 Å². The third kappa shape index (κ3) is 5.80. The molecular formula is C44H39F3N8O4. The molecule has 4 aliphatic rings. The maximum atomic E-state index is 16.3. The molecule has 0 radical (unpaired) electrons. The van der Waals surface area contributed by atoms with Crippen LogP contribution in [0.25, 0.3) is 32.8 Å². The van der Waals surface area contributed by atoms with Crippen LogP contribution in [0.15, 0.2) is 78.0 Å². The van der Waals surface area contributed by atoms with E-state index in [0.29, 0.717) is 76.3 Å². The molecule has 3 aromatic carbocycles. The Balaban J connectivity index is 0.922. The van der Waals surface area contributed by atoms with Gasteiger partial charge in [0, 0.05) is 88.7 Å². The summed E-state index contributed by atoms with van der Waals surface area (Å²) in [5.41, 5.74) is 5.13. The first kappa shape index (κ1) is 36.8. The number of fused-ring (bicyclic) bond motifs is 2. The highest BCUT2D eigenvalue weighted by Crippen LogP contribution is 2.46. The van der Waals surface area contributed by atoms with Crippen LogP contribution in [-0.4, -0.2) is 68.9 Å². The number of carbonyl (C=O) groups is 3. The zero-order chi connectivity index (χ0) is 40.9. The van der Waals surface area contributed by atoms with Crippen molar-refractivity contribution in [3.8, 4) is 11.1 Å². The van der Waals surface area contributed by atoms with Gasteiger partial charge in [-0.2, -0.15) is 5.10 Å². The van der Waals surface area contributed by atoms with E-state index in [2.05, 4.69) is 15.4 Å². The van der Waals surface area contributed by atoms with Gasteiger partial charge in [0.25, 0.3) is 17.9 Å². The van der Waals surface area contributed by atoms with Crippen molar-refractivity contribution in [1.82, 2.24) is 24.6 Å². The van der Waals surface area contributed by atoms with Gasteiger partial charge in [-0.3, -0.25) is 34.1 Å². The van der Waals surface area contributed by atoms with Crippen molar-refractivity contribution in [3.63, 3.8) is 0 Å². The number of hydrogen-bond donors (Lipinski definition) is 1. The molecule has 300 valence electrons. The Morgan fingerprint density at radius 3 is 2.53 bits per heavy atom. The number of piperidine rings is 2. The first-order chi connectivity index (χ1) is 28.5. The lowest BCUT2D eigenvalue weighted by Gasteiger charge is -2.37. The van der Waals surface area contributed by atoms with Gasteiger partial charge in [0.2, 0.25) is 11.8 Å². The lowest BCUT2D eigenvalue weighted by atomic mass is 9.93. The van der Waals surface area contributed by atoms with E-state index in [4.69, 9.17) is 0 Å². The molecule has 6 aromatic rings. The van der Waals surface area contributed by atoms with Crippen LogP contribution >= 0.6 is 0 Å². The summed E-state index contributed by atoms with van der Waals surface area (Å²) in [4.78, 5) is 61.0. The van der Waals surface area contributed by atoms with E-state index < -0.39 is 30.6 Å². The fraction of sp³-hybridized carbons (Fsp3) is 0.318. The molecule has 3 aromatic heterocycles. The number of anilines is 4. The fourth-order valence-electron chi connectivity index (χ4n) is 9.62. The smallest absolute Gasteiger partial charge is 0.264 e. The molecule has 0 spiro atoms. The average molecular weight is 801 g/mol. The Kier molecular flexibility index (Phi) is 8.62. The number of amides is 3. The molecule has 3 atom stereocenters. The number of halogens is 3. The van der Waals surface area contributed by atoms with E-state index in [9.17, 15) is 28.0 Å². The number of nitrogens with zero attached hydrogens (tertiary/aromatic N) is 7. The topological polar surface area (TPSA) is 126 Å². The van der Waals surface area contributed by atoms with Gasteiger partial charge >= 0.3 is 0 Å². The molecule has 10 rings (SSSR count). The monoisotopic (exact) mass is 800 g/mol. The van der Waals surface area contributed by atoms with Crippen molar-refractivity contribution >= 4 is 62.3 Å². The van der Waals surface area contributed by atoms with Crippen molar-refractivity contribution in [2.24, 2.45) is 7.05 Å². The summed E-state index contributed by atoms with van der Waals surface area (Å²) in [6, 6.07) is 14.5. The Labute approximate surface area is 335 Å². The third-order valence-electron chi connectivity index (χ3n) is 12.5. The highest BCUT2D eigenvalue weighted by molar-refractivity contribution is 6.28. The molecule has 3 unspecified atom stereocenters. The van der Waals surface area contributed by atoms with Crippen LogP contribution in [-0.2, 0) is 23.1 Å². The molecule has 7 heterocycles. The Hall–Kier alpha value is -6.51. The number of benzene rings is 3. The Morgan fingerprint density at radius 2 is 1.73 bits per heavy atom. The maximum Gasteiger partial charge on any atom is 0.264 e. The molecule has 4 aliphatic heterocycles. The largest absolute Gasteiger partial charge is 0.368 e. The minimum Gasteiger partial charge on any atom is -0.368 e. The van der Waals surface area contributed by atoms with Crippen molar-refractivity contribution in [2.75, 3.05) is 34.3 Å². The highest BCUT2D eigenvalue weighted by atomic mass is 19.3. The van der Waals surface area contributed by atoms with Gasteiger partial charge < -0.3 is 14.4 Å². The molecule has 0 saturated carbocycles. The summed E-state index contributed by atoms with van der Waals surface area (Å²) in [6.07, 6.45) is 2.84. The molecular weight excluding hydrogens is 762 g/mol. The minimum atomic E-state index is -2.80. The zero-order valence-electron chi connectivity index (χ0n) is 32.3. The number of nitrogens with one attached hydrogen (secondary N) is 1. The summed E-state index contributed by atoms with van der Waals surface area (Å²) in [7, 11) is 1.71. The van der Waals surface area contributed by atoms with Crippen LogP contribution in [0.3, 0.4) is 0 Å². The molecule has 0 bridgehead atoms. The van der Waals surface area contributed by atoms with Crippen LogP contribution in [0.4, 0.5) is 36.1 Å². The van der Waals surface area contributed by atoms with Gasteiger partial charge in [-0.05, 0) is 86.2 Å². The van der Waals surface area contributed by atoms with E-state index >= 15 is 4.39 Å². The number of imide groups is 1. The summed E-state index contributed by atoms with van der Waals surface area (Å²) in [5, 5.41) is 9.07. The van der Waals surface area contributed by atoms with Gasteiger partial charge in [0.05, 0.1) is 30.0 Å². The Morgan fingerprint density at radius 1 is 0.898 bits per heavy atom. The molecule has 2 fully saturated rings. The first-order valence-electron chi connectivity index (χ1n) is 19.8. The zero-order valence-corrected chi connectivity index (χ0v) is 32.3. The summed E-state index contributed by atoms with van der Waals surface area (Å²) in [6.45, 7) is 2.82. The number of carbonyl (C=O) groups excluding carboxylic acids is 3. The number of aryl methyl sites for hydroxylation is 3. The number of hydrogen-bond acceptors (Lipinski definition) is 8. The van der Waals surface area contributed by atoms with Gasteiger partial charge in [0.15, 0.2) is 0 Å². The molecule has 15 heteroatoms. The second kappa shape index (κ2) is 13.8. The summed E-state index contributed by atoms with van der Waals surface area (Å²) >= 11 is 0. The summed E-state index contributed by atoms with van der Waals surface area (Å²) in [5.74, 6) is -0.584. The number of pyridine rings is 2. The number of rotatable bonds is 6. The van der Waals surface area contributed by atoms with Crippen molar-refractivity contribution in [2.45, 2.75) is 63.7 Å². The molecule has 12 nitrogen and oxygen atoms in total. The molecule has 59 heavy (non-hydrogen) atoms. The highest BCUT2D eigenvalue weighted by Gasteiger charge is 2.42. The lowest BCUT2D eigenvalue weighted by molar-refractivity contribution is -0.134. The van der Waals surface area contributed by atoms with Crippen LogP contribution in [0.2, 0.25) is 0 Å². The molecule has 1 N–H and O–H groups in total. The van der Waals surface area contributed by atoms with E-state index in [-0.39, 0.29) is 42.3 Å². The molecule has 0 aliphatic carbocycles. The normalized spacial score (nSPS) is 20.6. The van der Waals surface area contributed by atoms with E-state index in [1.165, 1.54) is 17.2 Å². The fourth-order valence-corrected chi connectivity index (χ4v) is 9.62. The van der Waals surface area contributed by atoms with Crippen molar-refractivity contribution in [1.29, 1.82) is 0 Å². The maximum absolute atomic E-state index is 16.3. The second-order valence-corrected chi connectivity index (χ2v) is 15.9. The van der Waals surface area contributed by atoms with Crippen molar-refractivity contribution < 1.29 is 27.6 Å². The van der Waals surface area contributed by atoms with Crippen LogP contribution in [0.5, 0.6) is 0 Å². The SMILES string of the molecule is Cc1cc2c(N3CCCc4cc(-c5cnn(C6CCN(c7ccc8c9c(cccc79)C(=O)N8C7CCC(=O)NC7=O)CC6F)c5)c(C(F)F)cc43)nccc2n(C)c1=O. The predicted molar refractivity (Wildman–Crippen MR) is 217 cm³/mol. The molecule has 3 amide bonds. The second-order valence-electron chi connectivity index (χ2n) is 15.9. The van der Waals surface area contributed by atoms with E-state index in [1.54, 1.807) is 72.0 Å². The summed E-state index contributed by atoms with van der Waals surface area (Å²) < 4.78 is 49.4. The van der Waals surface area contributed by atoms with E-state index in [0.717, 1.165) is 28.4 Å². The Bertz CT molecular complexity index is 2840. The van der Waals surface area contributed by atoms with Gasteiger partial charge in [-0.1, -0.05) is 12.1 Å². The van der Waals surface area contributed by atoms with Crippen LogP contribution < -0.4 is 25.6 Å². The third-order valence-corrected chi connectivity index (χ3v) is 12.5. The van der Waals surface area contributed by atoms with Gasteiger partial charge in [0.1, 0.15) is 18.0 Å². The lowest BCUT2D eigenvalue weighted by Crippen LogP contribution is -2.53. The number of alkyl halides is 3. The average Bonchev–Trinajstić information content (AvgIpc) is 3.83. The van der Waals surface area contributed by atoms with E-state index in [1.807, 2.05) is 21.9 Å².